The molecule has 2 nitrogen and oxygen atoms in total. The highest BCUT2D eigenvalue weighted by atomic mass is 16.5. The molecular weight excluding hydrogens is 138 g/mol. The van der Waals surface area contributed by atoms with Gasteiger partial charge in [0.05, 0.1) is 19.3 Å². The monoisotopic (exact) mass is 153 g/mol. The third-order valence-electron chi connectivity index (χ3n) is 1.99. The van der Waals surface area contributed by atoms with Gasteiger partial charge in [0.15, 0.2) is 0 Å². The van der Waals surface area contributed by atoms with Crippen molar-refractivity contribution in [3.63, 3.8) is 0 Å². The SMILES string of the molecule is C#CCN1CCOC(CC)C1. The Kier molecular flexibility index (Phi) is 3.41. The molecule has 1 heterocycles. The second-order valence-corrected chi connectivity index (χ2v) is 2.84. The van der Waals surface area contributed by atoms with Crippen molar-refractivity contribution < 1.29 is 4.74 Å². The van der Waals surface area contributed by atoms with Crippen LogP contribution in [0.25, 0.3) is 0 Å². The predicted molar refractivity (Wildman–Crippen MR) is 45.3 cm³/mol. The smallest absolute Gasteiger partial charge is 0.0700 e. The normalized spacial score (nSPS) is 26.4. The largest absolute Gasteiger partial charge is 0.376 e. The molecule has 0 bridgehead atoms. The molecule has 1 aliphatic rings. The van der Waals surface area contributed by atoms with Gasteiger partial charge in [0.2, 0.25) is 0 Å². The van der Waals surface area contributed by atoms with Crippen LogP contribution >= 0.6 is 0 Å². The Morgan fingerprint density at radius 3 is 3.18 bits per heavy atom. The van der Waals surface area contributed by atoms with Crippen LogP contribution in [0.5, 0.6) is 0 Å². The number of ether oxygens (including phenoxy) is 1. The van der Waals surface area contributed by atoms with E-state index in [0.717, 1.165) is 32.7 Å². The zero-order chi connectivity index (χ0) is 8.10. The molecule has 0 aromatic rings. The van der Waals surface area contributed by atoms with Crippen LogP contribution in [0.4, 0.5) is 0 Å². The summed E-state index contributed by atoms with van der Waals surface area (Å²) in [7, 11) is 0. The number of nitrogens with zero attached hydrogens (tertiary/aromatic N) is 1. The van der Waals surface area contributed by atoms with E-state index in [0.29, 0.717) is 6.10 Å². The Balaban J connectivity index is 2.28. The summed E-state index contributed by atoms with van der Waals surface area (Å²) >= 11 is 0. The summed E-state index contributed by atoms with van der Waals surface area (Å²) in [5.41, 5.74) is 0. The van der Waals surface area contributed by atoms with Crippen molar-refractivity contribution in [2.45, 2.75) is 19.4 Å². The highest BCUT2D eigenvalue weighted by Crippen LogP contribution is 2.06. The lowest BCUT2D eigenvalue weighted by Crippen LogP contribution is -2.42. The maximum absolute atomic E-state index is 5.49. The standard InChI is InChI=1S/C9H15NO/c1-3-5-10-6-7-11-9(4-2)8-10/h1,9H,4-8H2,2H3. The lowest BCUT2D eigenvalue weighted by molar-refractivity contribution is -0.0250. The molecule has 1 fully saturated rings. The van der Waals surface area contributed by atoms with Crippen LogP contribution in [-0.4, -0.2) is 37.2 Å². The Morgan fingerprint density at radius 2 is 2.55 bits per heavy atom. The van der Waals surface area contributed by atoms with Crippen molar-refractivity contribution in [3.8, 4) is 12.3 Å². The topological polar surface area (TPSA) is 12.5 Å². The molecule has 1 saturated heterocycles. The van der Waals surface area contributed by atoms with E-state index in [9.17, 15) is 0 Å². The molecule has 1 rings (SSSR count). The molecule has 11 heavy (non-hydrogen) atoms. The summed E-state index contributed by atoms with van der Waals surface area (Å²) in [6.07, 6.45) is 6.70. The lowest BCUT2D eigenvalue weighted by Gasteiger charge is -2.30. The molecule has 62 valence electrons. The number of terminal acetylenes is 1. The summed E-state index contributed by atoms with van der Waals surface area (Å²) in [6.45, 7) is 5.73. The van der Waals surface area contributed by atoms with E-state index < -0.39 is 0 Å². The van der Waals surface area contributed by atoms with Crippen molar-refractivity contribution in [3.05, 3.63) is 0 Å². The predicted octanol–water partition coefficient (Wildman–Crippen LogP) is 0.730. The number of rotatable bonds is 2. The molecule has 2 heteroatoms. The summed E-state index contributed by atoms with van der Waals surface area (Å²) in [4.78, 5) is 2.26. The molecule has 0 radical (unpaired) electrons. The van der Waals surface area contributed by atoms with E-state index in [-0.39, 0.29) is 0 Å². The molecule has 0 aliphatic carbocycles. The quantitative estimate of drug-likeness (QED) is 0.542. The highest BCUT2D eigenvalue weighted by Gasteiger charge is 2.17. The summed E-state index contributed by atoms with van der Waals surface area (Å²) in [6, 6.07) is 0. The van der Waals surface area contributed by atoms with E-state index in [1.807, 2.05) is 0 Å². The maximum Gasteiger partial charge on any atom is 0.0700 e. The number of hydrogen-bond donors (Lipinski definition) is 0. The highest BCUT2D eigenvalue weighted by molar-refractivity contribution is 4.89. The minimum absolute atomic E-state index is 0.400. The first-order valence-electron chi connectivity index (χ1n) is 4.14. The van der Waals surface area contributed by atoms with Crippen LogP contribution in [0.2, 0.25) is 0 Å². The molecule has 0 saturated carbocycles. The van der Waals surface area contributed by atoms with Crippen molar-refractivity contribution >= 4 is 0 Å². The summed E-state index contributed by atoms with van der Waals surface area (Å²) in [5.74, 6) is 2.65. The van der Waals surface area contributed by atoms with Gasteiger partial charge in [-0.25, -0.2) is 0 Å². The van der Waals surface area contributed by atoms with Crippen LogP contribution in [0.15, 0.2) is 0 Å². The zero-order valence-electron chi connectivity index (χ0n) is 7.05. The second-order valence-electron chi connectivity index (χ2n) is 2.84. The molecule has 0 amide bonds. The minimum Gasteiger partial charge on any atom is -0.376 e. The minimum atomic E-state index is 0.400. The molecule has 1 unspecified atom stereocenters. The van der Waals surface area contributed by atoms with Gasteiger partial charge in [-0.05, 0) is 6.42 Å². The van der Waals surface area contributed by atoms with E-state index in [4.69, 9.17) is 11.2 Å². The van der Waals surface area contributed by atoms with Crippen molar-refractivity contribution in [1.82, 2.24) is 4.90 Å². The van der Waals surface area contributed by atoms with Crippen molar-refractivity contribution in [2.24, 2.45) is 0 Å². The molecule has 1 aliphatic heterocycles. The van der Waals surface area contributed by atoms with Gasteiger partial charge >= 0.3 is 0 Å². The Labute approximate surface area is 68.5 Å². The lowest BCUT2D eigenvalue weighted by atomic mass is 10.2. The van der Waals surface area contributed by atoms with E-state index in [1.54, 1.807) is 0 Å². The molecule has 0 spiro atoms. The van der Waals surface area contributed by atoms with Gasteiger partial charge in [0.1, 0.15) is 0 Å². The van der Waals surface area contributed by atoms with Crippen LogP contribution in [-0.2, 0) is 4.74 Å². The van der Waals surface area contributed by atoms with Gasteiger partial charge in [-0.3, -0.25) is 4.90 Å². The fraction of sp³-hybridized carbons (Fsp3) is 0.778. The summed E-state index contributed by atoms with van der Waals surface area (Å²) < 4.78 is 5.49. The van der Waals surface area contributed by atoms with Gasteiger partial charge in [0, 0.05) is 13.1 Å². The van der Waals surface area contributed by atoms with Gasteiger partial charge in [-0.15, -0.1) is 6.42 Å². The van der Waals surface area contributed by atoms with Gasteiger partial charge < -0.3 is 4.74 Å². The second kappa shape index (κ2) is 4.38. The fourth-order valence-electron chi connectivity index (χ4n) is 1.30. The van der Waals surface area contributed by atoms with E-state index >= 15 is 0 Å². The Bertz CT molecular complexity index is 150. The van der Waals surface area contributed by atoms with Gasteiger partial charge in [-0.2, -0.15) is 0 Å². The third-order valence-corrected chi connectivity index (χ3v) is 1.99. The van der Waals surface area contributed by atoms with Crippen LogP contribution in [0.3, 0.4) is 0 Å². The molecule has 0 aromatic heterocycles. The molecule has 0 aromatic carbocycles. The molecule has 1 atom stereocenters. The maximum atomic E-state index is 5.49. The first kappa shape index (κ1) is 8.58. The fourth-order valence-corrected chi connectivity index (χ4v) is 1.30. The number of hydrogen-bond acceptors (Lipinski definition) is 2. The Morgan fingerprint density at radius 1 is 1.73 bits per heavy atom. The van der Waals surface area contributed by atoms with Gasteiger partial charge in [-0.1, -0.05) is 12.8 Å². The average Bonchev–Trinajstić information content (AvgIpc) is 2.06. The van der Waals surface area contributed by atoms with Crippen molar-refractivity contribution in [2.75, 3.05) is 26.2 Å². The first-order valence-corrected chi connectivity index (χ1v) is 4.14. The van der Waals surface area contributed by atoms with Crippen LogP contribution in [0.1, 0.15) is 13.3 Å². The summed E-state index contributed by atoms with van der Waals surface area (Å²) in [5, 5.41) is 0. The number of morpholine rings is 1. The molecule has 0 N–H and O–H groups in total. The van der Waals surface area contributed by atoms with Crippen LogP contribution < -0.4 is 0 Å². The van der Waals surface area contributed by atoms with Crippen LogP contribution in [0, 0.1) is 12.3 Å². The van der Waals surface area contributed by atoms with Gasteiger partial charge in [0.25, 0.3) is 0 Å². The van der Waals surface area contributed by atoms with Crippen molar-refractivity contribution in [1.29, 1.82) is 0 Å². The third kappa shape index (κ3) is 2.53. The van der Waals surface area contributed by atoms with E-state index in [1.165, 1.54) is 0 Å². The van der Waals surface area contributed by atoms with E-state index in [2.05, 4.69) is 17.7 Å². The first-order chi connectivity index (χ1) is 5.36. The zero-order valence-corrected chi connectivity index (χ0v) is 7.05. The molecular formula is C9H15NO. The average molecular weight is 153 g/mol. The Hall–Kier alpha value is -0.520.